The Bertz CT molecular complexity index is 1550. The molecule has 0 saturated heterocycles. The SMILES string of the molecule is COc1ccc(C(=O)Oc2ccc3ccccc3c2/C=N\NC(=O)COc2ccc([N+](=O)[O-])cc2)cc1OC. The summed E-state index contributed by atoms with van der Waals surface area (Å²) in [5, 5.41) is 16.4. The molecule has 0 unspecified atom stereocenters. The Kier molecular flexibility index (Phi) is 8.32. The molecule has 0 bridgehead atoms. The van der Waals surface area contributed by atoms with Gasteiger partial charge < -0.3 is 18.9 Å². The highest BCUT2D eigenvalue weighted by molar-refractivity contribution is 6.04. The molecule has 198 valence electrons. The average Bonchev–Trinajstić information content (AvgIpc) is 2.96. The van der Waals surface area contributed by atoms with Gasteiger partial charge in [-0.05, 0) is 47.2 Å². The molecule has 0 aliphatic carbocycles. The van der Waals surface area contributed by atoms with Crippen LogP contribution in [0, 0.1) is 10.1 Å². The summed E-state index contributed by atoms with van der Waals surface area (Å²) in [5.74, 6) is 0.189. The molecule has 4 aromatic rings. The van der Waals surface area contributed by atoms with Crippen molar-refractivity contribution in [3.05, 3.63) is 100 Å². The lowest BCUT2D eigenvalue weighted by Gasteiger charge is -2.12. The van der Waals surface area contributed by atoms with E-state index < -0.39 is 16.8 Å². The van der Waals surface area contributed by atoms with Crippen LogP contribution in [0.15, 0.2) is 84.0 Å². The summed E-state index contributed by atoms with van der Waals surface area (Å²) >= 11 is 0. The van der Waals surface area contributed by atoms with E-state index in [-0.39, 0.29) is 29.4 Å². The number of hydrogen-bond donors (Lipinski definition) is 1. The number of non-ortho nitro benzene ring substituents is 1. The highest BCUT2D eigenvalue weighted by atomic mass is 16.6. The Balaban J connectivity index is 1.49. The van der Waals surface area contributed by atoms with Gasteiger partial charge in [0.1, 0.15) is 11.5 Å². The van der Waals surface area contributed by atoms with E-state index in [2.05, 4.69) is 10.5 Å². The minimum absolute atomic E-state index is 0.0888. The number of hydrogen-bond acceptors (Lipinski definition) is 9. The number of esters is 1. The van der Waals surface area contributed by atoms with Crippen LogP contribution in [0.4, 0.5) is 5.69 Å². The molecule has 1 amide bonds. The first-order valence-corrected chi connectivity index (χ1v) is 11.5. The number of carbonyl (C=O) groups is 2. The Hall–Kier alpha value is -5.45. The van der Waals surface area contributed by atoms with Gasteiger partial charge in [0.25, 0.3) is 11.6 Å². The van der Waals surface area contributed by atoms with Crippen molar-refractivity contribution in [3.8, 4) is 23.0 Å². The number of nitro benzene ring substituents is 1. The lowest BCUT2D eigenvalue weighted by Crippen LogP contribution is -2.24. The zero-order valence-electron chi connectivity index (χ0n) is 21.0. The fourth-order valence-electron chi connectivity index (χ4n) is 3.63. The Labute approximate surface area is 222 Å². The maximum atomic E-state index is 12.9. The van der Waals surface area contributed by atoms with Crippen molar-refractivity contribution in [2.24, 2.45) is 5.10 Å². The Morgan fingerprint density at radius 2 is 1.64 bits per heavy atom. The molecule has 0 aromatic heterocycles. The monoisotopic (exact) mass is 529 g/mol. The summed E-state index contributed by atoms with van der Waals surface area (Å²) in [5.41, 5.74) is 2.99. The summed E-state index contributed by atoms with van der Waals surface area (Å²) in [6.45, 7) is -0.369. The van der Waals surface area contributed by atoms with Gasteiger partial charge in [-0.2, -0.15) is 5.10 Å². The number of methoxy groups -OCH3 is 2. The number of nitrogens with zero attached hydrogens (tertiary/aromatic N) is 2. The van der Waals surface area contributed by atoms with Crippen LogP contribution >= 0.6 is 0 Å². The van der Waals surface area contributed by atoms with Crippen LogP contribution in [-0.4, -0.2) is 43.8 Å². The molecule has 0 spiro atoms. The number of nitro groups is 1. The Morgan fingerprint density at radius 1 is 0.923 bits per heavy atom. The van der Waals surface area contributed by atoms with Crippen LogP contribution in [0.25, 0.3) is 10.8 Å². The number of carbonyl (C=O) groups excluding carboxylic acids is 2. The van der Waals surface area contributed by atoms with E-state index in [1.807, 2.05) is 24.3 Å². The average molecular weight is 530 g/mol. The second kappa shape index (κ2) is 12.2. The van der Waals surface area contributed by atoms with Gasteiger partial charge in [0.05, 0.1) is 30.9 Å². The third-order valence-electron chi connectivity index (χ3n) is 5.55. The number of benzene rings is 4. The quantitative estimate of drug-likeness (QED) is 0.104. The van der Waals surface area contributed by atoms with Gasteiger partial charge in [0.15, 0.2) is 18.1 Å². The van der Waals surface area contributed by atoms with E-state index >= 15 is 0 Å². The van der Waals surface area contributed by atoms with Gasteiger partial charge >= 0.3 is 5.97 Å². The third-order valence-corrected chi connectivity index (χ3v) is 5.55. The van der Waals surface area contributed by atoms with Gasteiger partial charge in [-0.1, -0.05) is 30.3 Å². The first-order chi connectivity index (χ1) is 18.9. The van der Waals surface area contributed by atoms with Crippen LogP contribution in [0.5, 0.6) is 23.0 Å². The van der Waals surface area contributed by atoms with Crippen molar-refractivity contribution in [2.75, 3.05) is 20.8 Å². The van der Waals surface area contributed by atoms with Crippen LogP contribution < -0.4 is 24.4 Å². The third kappa shape index (κ3) is 6.46. The summed E-state index contributed by atoms with van der Waals surface area (Å²) in [7, 11) is 2.97. The number of rotatable bonds is 10. The molecule has 11 nitrogen and oxygen atoms in total. The van der Waals surface area contributed by atoms with Gasteiger partial charge in [-0.15, -0.1) is 0 Å². The lowest BCUT2D eigenvalue weighted by molar-refractivity contribution is -0.384. The molecule has 4 rings (SSSR count). The van der Waals surface area contributed by atoms with Gasteiger partial charge in [-0.3, -0.25) is 14.9 Å². The lowest BCUT2D eigenvalue weighted by atomic mass is 10.0. The van der Waals surface area contributed by atoms with E-state index in [4.69, 9.17) is 18.9 Å². The second-order valence-corrected chi connectivity index (χ2v) is 7.99. The highest BCUT2D eigenvalue weighted by Crippen LogP contribution is 2.30. The Morgan fingerprint density at radius 3 is 2.36 bits per heavy atom. The number of amides is 1. The van der Waals surface area contributed by atoms with E-state index in [0.717, 1.165) is 10.8 Å². The highest BCUT2D eigenvalue weighted by Gasteiger charge is 2.16. The number of hydrazone groups is 1. The minimum atomic E-state index is -0.624. The minimum Gasteiger partial charge on any atom is -0.493 e. The van der Waals surface area contributed by atoms with Gasteiger partial charge in [0, 0.05) is 17.7 Å². The molecule has 0 atom stereocenters. The van der Waals surface area contributed by atoms with Crippen molar-refractivity contribution in [3.63, 3.8) is 0 Å². The molecule has 11 heteroatoms. The van der Waals surface area contributed by atoms with Crippen LogP contribution in [0.2, 0.25) is 0 Å². The number of fused-ring (bicyclic) bond motifs is 1. The predicted octanol–water partition coefficient (Wildman–Crippen LogP) is 4.51. The molecule has 1 N–H and O–H groups in total. The van der Waals surface area contributed by atoms with Crippen molar-refractivity contribution in [1.29, 1.82) is 0 Å². The summed E-state index contributed by atoms with van der Waals surface area (Å²) in [4.78, 5) is 35.4. The first kappa shape index (κ1) is 26.6. The van der Waals surface area contributed by atoms with E-state index in [0.29, 0.717) is 17.1 Å². The molecule has 0 radical (unpaired) electrons. The smallest absolute Gasteiger partial charge is 0.343 e. The van der Waals surface area contributed by atoms with E-state index in [1.54, 1.807) is 24.3 Å². The van der Waals surface area contributed by atoms with Crippen LogP contribution in [0.3, 0.4) is 0 Å². The normalized spacial score (nSPS) is 10.7. The molecular weight excluding hydrogens is 506 g/mol. The maximum absolute atomic E-state index is 12.9. The largest absolute Gasteiger partial charge is 0.493 e. The standard InChI is InChI=1S/C28H23N3O8/c1-36-25-14-8-19(15-26(25)37-2)28(33)39-24-13-7-18-5-3-4-6-22(18)23(24)16-29-30-27(32)17-38-21-11-9-20(10-12-21)31(34)35/h3-16H,17H2,1-2H3,(H,30,32)/b29-16-. The maximum Gasteiger partial charge on any atom is 0.343 e. The fourth-order valence-corrected chi connectivity index (χ4v) is 3.63. The molecule has 0 aliphatic heterocycles. The summed E-state index contributed by atoms with van der Waals surface area (Å²) < 4.78 is 21.5. The fraction of sp³-hybridized carbons (Fsp3) is 0.107. The summed E-state index contributed by atoms with van der Waals surface area (Å²) in [6.07, 6.45) is 1.38. The summed E-state index contributed by atoms with van der Waals surface area (Å²) in [6, 6.07) is 20.9. The van der Waals surface area contributed by atoms with Crippen molar-refractivity contribution in [1.82, 2.24) is 5.43 Å². The van der Waals surface area contributed by atoms with Crippen molar-refractivity contribution in [2.45, 2.75) is 0 Å². The zero-order chi connectivity index (χ0) is 27.8. The van der Waals surface area contributed by atoms with E-state index in [1.165, 1.54) is 50.8 Å². The van der Waals surface area contributed by atoms with Crippen LogP contribution in [0.1, 0.15) is 15.9 Å². The molecular formula is C28H23N3O8. The van der Waals surface area contributed by atoms with Crippen molar-refractivity contribution >= 4 is 34.6 Å². The molecule has 39 heavy (non-hydrogen) atoms. The predicted molar refractivity (Wildman–Crippen MR) is 143 cm³/mol. The molecule has 0 saturated carbocycles. The topological polar surface area (TPSA) is 139 Å². The first-order valence-electron chi connectivity index (χ1n) is 11.5. The van der Waals surface area contributed by atoms with Gasteiger partial charge in [-0.25, -0.2) is 10.2 Å². The molecule has 0 heterocycles. The van der Waals surface area contributed by atoms with Gasteiger partial charge in [0.2, 0.25) is 0 Å². The number of nitrogens with one attached hydrogen (secondary N) is 1. The molecule has 4 aromatic carbocycles. The van der Waals surface area contributed by atoms with E-state index in [9.17, 15) is 19.7 Å². The second-order valence-electron chi connectivity index (χ2n) is 7.99. The molecule has 0 fully saturated rings. The van der Waals surface area contributed by atoms with Crippen LogP contribution in [-0.2, 0) is 4.79 Å². The van der Waals surface area contributed by atoms with Crippen molar-refractivity contribution < 1.29 is 33.5 Å². The zero-order valence-corrected chi connectivity index (χ0v) is 21.0. The number of ether oxygens (including phenoxy) is 4. The molecule has 0 aliphatic rings.